The summed E-state index contributed by atoms with van der Waals surface area (Å²) < 4.78 is 5.61. The zero-order valence-electron chi connectivity index (χ0n) is 9.15. The Labute approximate surface area is 109 Å². The molecule has 0 unspecified atom stereocenters. The molecule has 0 spiro atoms. The van der Waals surface area contributed by atoms with E-state index in [4.69, 9.17) is 27.9 Å². The van der Waals surface area contributed by atoms with E-state index in [1.807, 2.05) is 19.1 Å². The summed E-state index contributed by atoms with van der Waals surface area (Å²) in [7, 11) is 0. The third-order valence-electron chi connectivity index (χ3n) is 2.20. The fraction of sp³-hybridized carbons (Fsp3) is 0.167. The van der Waals surface area contributed by atoms with Crippen LogP contribution in [0, 0.1) is 6.92 Å². The molecule has 0 radical (unpaired) electrons. The highest BCUT2D eigenvalue weighted by atomic mass is 35.5. The quantitative estimate of drug-likeness (QED) is 0.852. The number of aryl methyl sites for hydroxylation is 1. The summed E-state index contributed by atoms with van der Waals surface area (Å²) >= 11 is 11.5. The lowest BCUT2D eigenvalue weighted by Crippen LogP contribution is -2.00. The first-order chi connectivity index (χ1) is 8.15. The fourth-order valence-corrected chi connectivity index (χ4v) is 1.67. The monoisotopic (exact) mass is 268 g/mol. The van der Waals surface area contributed by atoms with Crippen LogP contribution in [-0.2, 0) is 6.61 Å². The van der Waals surface area contributed by atoms with Crippen molar-refractivity contribution in [3.05, 3.63) is 51.8 Å². The molecule has 0 saturated carbocycles. The van der Waals surface area contributed by atoms with E-state index in [1.54, 1.807) is 18.2 Å². The molecular formula is C12H10Cl2N2O. The Morgan fingerprint density at radius 2 is 1.94 bits per heavy atom. The minimum absolute atomic E-state index is 0.354. The van der Waals surface area contributed by atoms with Gasteiger partial charge in [0.05, 0.1) is 0 Å². The van der Waals surface area contributed by atoms with Crippen molar-refractivity contribution in [1.29, 1.82) is 0 Å². The molecule has 0 aliphatic rings. The van der Waals surface area contributed by atoms with Crippen molar-refractivity contribution < 1.29 is 4.74 Å². The average Bonchev–Trinajstić information content (AvgIpc) is 2.30. The van der Waals surface area contributed by atoms with Gasteiger partial charge in [-0.15, -0.1) is 5.10 Å². The van der Waals surface area contributed by atoms with E-state index in [-0.39, 0.29) is 0 Å². The molecule has 88 valence electrons. The molecule has 2 rings (SSSR count). The van der Waals surface area contributed by atoms with Crippen molar-refractivity contribution in [2.45, 2.75) is 13.5 Å². The summed E-state index contributed by atoms with van der Waals surface area (Å²) in [6.07, 6.45) is 0. The number of ether oxygens (including phenoxy) is 1. The Balaban J connectivity index is 2.04. The highest BCUT2D eigenvalue weighted by Crippen LogP contribution is 2.22. The van der Waals surface area contributed by atoms with Crippen molar-refractivity contribution in [1.82, 2.24) is 10.2 Å². The summed E-state index contributed by atoms with van der Waals surface area (Å²) in [5.41, 5.74) is 1.71. The van der Waals surface area contributed by atoms with Crippen LogP contribution in [0.2, 0.25) is 10.2 Å². The molecule has 0 amide bonds. The van der Waals surface area contributed by atoms with Gasteiger partial charge in [0.25, 0.3) is 0 Å². The van der Waals surface area contributed by atoms with Crippen LogP contribution in [-0.4, -0.2) is 10.2 Å². The molecule has 0 saturated heterocycles. The molecular weight excluding hydrogens is 259 g/mol. The van der Waals surface area contributed by atoms with Gasteiger partial charge >= 0.3 is 0 Å². The minimum Gasteiger partial charge on any atom is -0.487 e. The van der Waals surface area contributed by atoms with Crippen LogP contribution in [0.1, 0.15) is 11.3 Å². The maximum Gasteiger partial charge on any atom is 0.151 e. The van der Waals surface area contributed by atoms with E-state index in [1.165, 1.54) is 0 Å². The fourth-order valence-electron chi connectivity index (χ4n) is 1.35. The van der Waals surface area contributed by atoms with Crippen LogP contribution >= 0.6 is 23.2 Å². The summed E-state index contributed by atoms with van der Waals surface area (Å²) in [5, 5.41) is 8.72. The third kappa shape index (κ3) is 3.32. The number of hydrogen-bond acceptors (Lipinski definition) is 3. The maximum atomic E-state index is 5.86. The van der Waals surface area contributed by atoms with Crippen molar-refractivity contribution in [2.75, 3.05) is 0 Å². The van der Waals surface area contributed by atoms with E-state index >= 15 is 0 Å². The van der Waals surface area contributed by atoms with Gasteiger partial charge in [-0.3, -0.25) is 0 Å². The zero-order valence-corrected chi connectivity index (χ0v) is 10.7. The first-order valence-corrected chi connectivity index (χ1v) is 5.78. The lowest BCUT2D eigenvalue weighted by Gasteiger charge is -2.08. The second-order valence-corrected chi connectivity index (χ2v) is 4.37. The molecule has 0 atom stereocenters. The lowest BCUT2D eigenvalue weighted by molar-refractivity contribution is 0.298. The molecule has 1 heterocycles. The Morgan fingerprint density at radius 3 is 2.59 bits per heavy atom. The van der Waals surface area contributed by atoms with Gasteiger partial charge in [0.1, 0.15) is 18.1 Å². The van der Waals surface area contributed by atoms with Gasteiger partial charge in [0.15, 0.2) is 5.15 Å². The van der Waals surface area contributed by atoms with Crippen LogP contribution in [0.15, 0.2) is 30.3 Å². The maximum absolute atomic E-state index is 5.86. The second kappa shape index (κ2) is 5.34. The Kier molecular flexibility index (Phi) is 3.82. The molecule has 3 nitrogen and oxygen atoms in total. The van der Waals surface area contributed by atoms with Gasteiger partial charge in [-0.1, -0.05) is 23.2 Å². The van der Waals surface area contributed by atoms with E-state index < -0.39 is 0 Å². The van der Waals surface area contributed by atoms with Gasteiger partial charge in [-0.25, -0.2) is 0 Å². The topological polar surface area (TPSA) is 35.0 Å². The summed E-state index contributed by atoms with van der Waals surface area (Å²) in [6.45, 7) is 2.29. The van der Waals surface area contributed by atoms with Crippen LogP contribution in [0.3, 0.4) is 0 Å². The van der Waals surface area contributed by atoms with Gasteiger partial charge in [0, 0.05) is 5.02 Å². The molecule has 2 aromatic rings. The van der Waals surface area contributed by atoms with Crippen LogP contribution in [0.4, 0.5) is 0 Å². The average molecular weight is 269 g/mol. The van der Waals surface area contributed by atoms with E-state index in [9.17, 15) is 0 Å². The van der Waals surface area contributed by atoms with Crippen molar-refractivity contribution >= 4 is 23.2 Å². The Bertz CT molecular complexity index is 514. The van der Waals surface area contributed by atoms with Crippen LogP contribution in [0.5, 0.6) is 5.75 Å². The Morgan fingerprint density at radius 1 is 1.12 bits per heavy atom. The number of halogens is 2. The number of hydrogen-bond donors (Lipinski definition) is 0. The highest BCUT2D eigenvalue weighted by Gasteiger charge is 2.02. The normalized spacial score (nSPS) is 10.3. The molecule has 1 aromatic heterocycles. The molecule has 17 heavy (non-hydrogen) atoms. The van der Waals surface area contributed by atoms with Crippen molar-refractivity contribution in [2.24, 2.45) is 0 Å². The van der Waals surface area contributed by atoms with Gasteiger partial charge in [-0.2, -0.15) is 5.10 Å². The molecule has 0 aliphatic heterocycles. The standard InChI is InChI=1S/C12H10Cl2N2O/c1-8-6-9(13)2-4-11(8)17-7-10-3-5-12(14)16-15-10/h2-6H,7H2,1H3. The molecule has 1 aromatic carbocycles. The number of rotatable bonds is 3. The summed E-state index contributed by atoms with van der Waals surface area (Å²) in [5.74, 6) is 0.783. The van der Waals surface area contributed by atoms with Crippen LogP contribution in [0.25, 0.3) is 0 Å². The zero-order chi connectivity index (χ0) is 12.3. The van der Waals surface area contributed by atoms with Gasteiger partial charge < -0.3 is 4.74 Å². The Hall–Kier alpha value is -1.32. The molecule has 0 aliphatic carbocycles. The second-order valence-electron chi connectivity index (χ2n) is 3.55. The minimum atomic E-state index is 0.354. The van der Waals surface area contributed by atoms with E-state index in [0.717, 1.165) is 17.0 Å². The van der Waals surface area contributed by atoms with Crippen LogP contribution < -0.4 is 4.74 Å². The lowest BCUT2D eigenvalue weighted by atomic mass is 10.2. The molecule has 5 heteroatoms. The van der Waals surface area contributed by atoms with Crippen molar-refractivity contribution in [3.63, 3.8) is 0 Å². The van der Waals surface area contributed by atoms with E-state index in [2.05, 4.69) is 10.2 Å². The number of nitrogens with zero attached hydrogens (tertiary/aromatic N) is 2. The smallest absolute Gasteiger partial charge is 0.151 e. The van der Waals surface area contributed by atoms with Gasteiger partial charge in [0.2, 0.25) is 0 Å². The number of benzene rings is 1. The number of aromatic nitrogens is 2. The first kappa shape index (κ1) is 12.1. The first-order valence-electron chi connectivity index (χ1n) is 5.02. The molecule has 0 fully saturated rings. The summed E-state index contributed by atoms with van der Waals surface area (Å²) in [6, 6.07) is 8.94. The predicted molar refractivity (Wildman–Crippen MR) is 67.6 cm³/mol. The molecule has 0 bridgehead atoms. The largest absolute Gasteiger partial charge is 0.487 e. The third-order valence-corrected chi connectivity index (χ3v) is 2.64. The van der Waals surface area contributed by atoms with Gasteiger partial charge in [-0.05, 0) is 42.8 Å². The highest BCUT2D eigenvalue weighted by molar-refractivity contribution is 6.30. The summed E-state index contributed by atoms with van der Waals surface area (Å²) in [4.78, 5) is 0. The van der Waals surface area contributed by atoms with E-state index in [0.29, 0.717) is 16.8 Å². The van der Waals surface area contributed by atoms with Crippen molar-refractivity contribution in [3.8, 4) is 5.75 Å². The predicted octanol–water partition coefficient (Wildman–Crippen LogP) is 3.67. The SMILES string of the molecule is Cc1cc(Cl)ccc1OCc1ccc(Cl)nn1. The molecule has 0 N–H and O–H groups in total.